The highest BCUT2D eigenvalue weighted by Gasteiger charge is 2.33. The summed E-state index contributed by atoms with van der Waals surface area (Å²) in [6.07, 6.45) is 2.13. The first-order valence-corrected chi connectivity index (χ1v) is 11.4. The molecule has 0 saturated carbocycles. The average Bonchev–Trinajstić information content (AvgIpc) is 2.88. The Bertz CT molecular complexity index is 1160. The molecule has 1 atom stereocenters. The zero-order valence-corrected chi connectivity index (χ0v) is 20.6. The van der Waals surface area contributed by atoms with Crippen molar-refractivity contribution in [1.29, 1.82) is 0 Å². The van der Waals surface area contributed by atoms with E-state index in [2.05, 4.69) is 40.3 Å². The van der Waals surface area contributed by atoms with E-state index in [9.17, 15) is 14.4 Å². The molecular formula is C27H30N4O5. The molecule has 36 heavy (non-hydrogen) atoms. The Morgan fingerprint density at radius 3 is 2.17 bits per heavy atom. The van der Waals surface area contributed by atoms with E-state index in [0.717, 1.165) is 30.1 Å². The largest absolute Gasteiger partial charge is 0.381 e. The number of nitrogens with one attached hydrogen (secondary N) is 2. The first-order chi connectivity index (χ1) is 17.4. The number of carbonyl (C=O) groups excluding carboxylic acids is 3. The Kier molecular flexibility index (Phi) is 9.36. The second-order valence-corrected chi connectivity index (χ2v) is 8.40. The zero-order chi connectivity index (χ0) is 26.1. The molecular weight excluding hydrogens is 460 g/mol. The van der Waals surface area contributed by atoms with E-state index in [0.29, 0.717) is 12.2 Å². The maximum absolute atomic E-state index is 12.8. The number of hydrogen-bond acceptors (Lipinski definition) is 6. The topological polar surface area (TPSA) is 111 Å². The normalized spacial score (nSPS) is 13.5. The number of benzene rings is 2. The van der Waals surface area contributed by atoms with Gasteiger partial charge in [-0.05, 0) is 47.5 Å². The van der Waals surface area contributed by atoms with Gasteiger partial charge in [0.2, 0.25) is 0 Å². The molecule has 188 valence electrons. The number of hydroxylamine groups is 1. The molecule has 0 bridgehead atoms. The lowest BCUT2D eigenvalue weighted by atomic mass is 10.0. The van der Waals surface area contributed by atoms with Crippen molar-refractivity contribution in [2.24, 2.45) is 0 Å². The molecule has 0 aromatic heterocycles. The maximum Gasteiger partial charge on any atom is 0.275 e. The average molecular weight is 491 g/mol. The van der Waals surface area contributed by atoms with Crippen molar-refractivity contribution in [3.63, 3.8) is 0 Å². The number of hydrogen-bond donors (Lipinski definition) is 3. The van der Waals surface area contributed by atoms with Gasteiger partial charge in [-0.1, -0.05) is 30.0 Å². The first-order valence-electron chi connectivity index (χ1n) is 11.4. The van der Waals surface area contributed by atoms with E-state index in [1.54, 1.807) is 31.4 Å². The number of methoxy groups -OCH3 is 1. The van der Waals surface area contributed by atoms with Gasteiger partial charge in [0.1, 0.15) is 0 Å². The lowest BCUT2D eigenvalue weighted by Crippen LogP contribution is -2.54. The minimum atomic E-state index is -1.51. The van der Waals surface area contributed by atoms with Gasteiger partial charge in [-0.15, -0.1) is 0 Å². The predicted octanol–water partition coefficient (Wildman–Crippen LogP) is 1.17. The number of carbonyl (C=O) groups is 3. The van der Waals surface area contributed by atoms with Gasteiger partial charge in [0.05, 0.1) is 6.61 Å². The van der Waals surface area contributed by atoms with Crippen LogP contribution in [0.3, 0.4) is 0 Å². The van der Waals surface area contributed by atoms with Crippen LogP contribution in [-0.4, -0.2) is 79.7 Å². The minimum absolute atomic E-state index is 0.276. The summed E-state index contributed by atoms with van der Waals surface area (Å²) in [5, 5.41) is 11.2. The van der Waals surface area contributed by atoms with Gasteiger partial charge in [0, 0.05) is 57.5 Å². The van der Waals surface area contributed by atoms with Crippen LogP contribution in [0.15, 0.2) is 60.2 Å². The van der Waals surface area contributed by atoms with E-state index in [4.69, 9.17) is 9.94 Å². The summed E-state index contributed by atoms with van der Waals surface area (Å²) >= 11 is 0. The Morgan fingerprint density at radius 1 is 1.06 bits per heavy atom. The summed E-state index contributed by atoms with van der Waals surface area (Å²) in [6.45, 7) is 3.50. The second-order valence-electron chi connectivity index (χ2n) is 8.40. The minimum Gasteiger partial charge on any atom is -0.381 e. The summed E-state index contributed by atoms with van der Waals surface area (Å²) in [7, 11) is 4.35. The Labute approximate surface area is 210 Å². The predicted molar refractivity (Wildman–Crippen MR) is 134 cm³/mol. The van der Waals surface area contributed by atoms with Crippen molar-refractivity contribution in [2.45, 2.75) is 12.6 Å². The molecule has 1 unspecified atom stereocenters. The number of likely N-dealkylation sites (tertiary alicyclic amines) is 1. The zero-order valence-electron chi connectivity index (χ0n) is 20.6. The number of rotatable bonds is 8. The SMILES string of the molecule is CNC(=O)C(C(=O)NO)N(C)C(=O)c1ccc(C#Cc2ccc(CN3CC(=CCOC)C3)cc2)cc1. The fourth-order valence-electron chi connectivity index (χ4n) is 3.75. The number of nitrogens with zero attached hydrogens (tertiary/aromatic N) is 2. The second kappa shape index (κ2) is 12.7. The van der Waals surface area contributed by atoms with Crippen LogP contribution in [0.1, 0.15) is 27.0 Å². The first kappa shape index (κ1) is 26.6. The highest BCUT2D eigenvalue weighted by Crippen LogP contribution is 2.18. The maximum atomic E-state index is 12.8. The summed E-state index contributed by atoms with van der Waals surface area (Å²) in [5.74, 6) is 3.91. The molecule has 3 amide bonds. The molecule has 1 aliphatic heterocycles. The quantitative estimate of drug-likeness (QED) is 0.168. The van der Waals surface area contributed by atoms with E-state index < -0.39 is 23.8 Å². The van der Waals surface area contributed by atoms with Crippen molar-refractivity contribution >= 4 is 17.7 Å². The van der Waals surface area contributed by atoms with Crippen molar-refractivity contribution in [2.75, 3.05) is 40.9 Å². The Hall–Kier alpha value is -3.97. The highest BCUT2D eigenvalue weighted by atomic mass is 16.5. The van der Waals surface area contributed by atoms with E-state index in [-0.39, 0.29) is 5.56 Å². The van der Waals surface area contributed by atoms with Crippen LogP contribution in [-0.2, 0) is 20.9 Å². The summed E-state index contributed by atoms with van der Waals surface area (Å²) in [4.78, 5) is 39.9. The molecule has 2 aromatic carbocycles. The Morgan fingerprint density at radius 2 is 1.64 bits per heavy atom. The third-order valence-electron chi connectivity index (χ3n) is 5.80. The molecule has 3 N–H and O–H groups in total. The molecule has 0 spiro atoms. The van der Waals surface area contributed by atoms with Crippen molar-refractivity contribution < 1.29 is 24.3 Å². The van der Waals surface area contributed by atoms with Crippen molar-refractivity contribution in [3.05, 3.63) is 82.4 Å². The van der Waals surface area contributed by atoms with E-state index in [1.165, 1.54) is 30.7 Å². The van der Waals surface area contributed by atoms with Crippen molar-refractivity contribution in [1.82, 2.24) is 20.6 Å². The molecule has 1 aliphatic rings. The van der Waals surface area contributed by atoms with E-state index >= 15 is 0 Å². The van der Waals surface area contributed by atoms with Crippen LogP contribution in [0.5, 0.6) is 0 Å². The summed E-state index contributed by atoms with van der Waals surface area (Å²) in [6, 6.07) is 13.2. The van der Waals surface area contributed by atoms with Crippen LogP contribution in [0.25, 0.3) is 0 Å². The van der Waals surface area contributed by atoms with Gasteiger partial charge in [0.15, 0.2) is 6.04 Å². The molecule has 0 aliphatic carbocycles. The van der Waals surface area contributed by atoms with Crippen LogP contribution in [0, 0.1) is 11.8 Å². The van der Waals surface area contributed by atoms with Crippen LogP contribution >= 0.6 is 0 Å². The third kappa shape index (κ3) is 6.79. The van der Waals surface area contributed by atoms with Gasteiger partial charge in [-0.3, -0.25) is 24.5 Å². The lowest BCUT2D eigenvalue weighted by Gasteiger charge is -2.34. The smallest absolute Gasteiger partial charge is 0.275 e. The van der Waals surface area contributed by atoms with Crippen LogP contribution < -0.4 is 10.8 Å². The molecule has 9 heteroatoms. The monoisotopic (exact) mass is 490 g/mol. The number of ether oxygens (including phenoxy) is 1. The third-order valence-corrected chi connectivity index (χ3v) is 5.80. The molecule has 3 rings (SSSR count). The standard InChI is InChI=1S/C27H30N4O5/c1-28-25(32)24(26(33)29-35)30(2)27(34)23-12-10-20(11-13-23)5-4-19-6-8-21(9-7-19)16-31-17-22(18-31)14-15-36-3/h6-14,24,35H,15-18H2,1-3H3,(H,28,32)(H,29,33). The molecule has 9 nitrogen and oxygen atoms in total. The van der Waals surface area contributed by atoms with Crippen LogP contribution in [0.4, 0.5) is 0 Å². The van der Waals surface area contributed by atoms with Gasteiger partial charge < -0.3 is 15.0 Å². The Balaban J connectivity index is 1.59. The number of likely N-dealkylation sites (N-methyl/N-ethyl adjacent to an activating group) is 2. The van der Waals surface area contributed by atoms with Gasteiger partial charge in [-0.2, -0.15) is 0 Å². The molecule has 2 aromatic rings. The molecule has 0 radical (unpaired) electrons. The molecule has 1 fully saturated rings. The van der Waals surface area contributed by atoms with Crippen molar-refractivity contribution in [3.8, 4) is 11.8 Å². The summed E-state index contributed by atoms with van der Waals surface area (Å²) < 4.78 is 5.07. The highest BCUT2D eigenvalue weighted by molar-refractivity contribution is 6.08. The van der Waals surface area contributed by atoms with Crippen LogP contribution in [0.2, 0.25) is 0 Å². The van der Waals surface area contributed by atoms with Gasteiger partial charge >= 0.3 is 0 Å². The number of amides is 3. The van der Waals surface area contributed by atoms with E-state index in [1.807, 2.05) is 12.1 Å². The lowest BCUT2D eigenvalue weighted by molar-refractivity contribution is -0.140. The van der Waals surface area contributed by atoms with Gasteiger partial charge in [-0.25, -0.2) is 5.48 Å². The fourth-order valence-corrected chi connectivity index (χ4v) is 3.75. The molecule has 1 heterocycles. The fraction of sp³-hybridized carbons (Fsp3) is 0.296. The summed E-state index contributed by atoms with van der Waals surface area (Å²) in [5.41, 5.74) is 5.91. The van der Waals surface area contributed by atoms with Gasteiger partial charge in [0.25, 0.3) is 17.7 Å². The molecule has 1 saturated heterocycles.